The van der Waals surface area contributed by atoms with Crippen molar-refractivity contribution >= 4 is 11.6 Å². The Morgan fingerprint density at radius 3 is 2.95 bits per heavy atom. The number of aliphatic hydroxyl groups excluding tert-OH is 1. The third-order valence-corrected chi connectivity index (χ3v) is 2.72. The van der Waals surface area contributed by atoms with E-state index in [0.717, 1.165) is 16.8 Å². The van der Waals surface area contributed by atoms with Crippen LogP contribution in [0.4, 0.5) is 5.69 Å². The van der Waals surface area contributed by atoms with Gasteiger partial charge in [0, 0.05) is 30.9 Å². The average molecular weight is 275 g/mol. The molecule has 0 radical (unpaired) electrons. The molecule has 0 bridgehead atoms. The summed E-state index contributed by atoms with van der Waals surface area (Å²) in [4.78, 5) is 11.8. The Kier molecular flexibility index (Phi) is 7.41. The lowest BCUT2D eigenvalue weighted by Crippen LogP contribution is -2.13. The lowest BCUT2D eigenvalue weighted by molar-refractivity contribution is -0.116. The van der Waals surface area contributed by atoms with E-state index in [-0.39, 0.29) is 12.5 Å². The normalized spacial score (nSPS) is 9.75. The minimum atomic E-state index is -0.174. The molecule has 108 valence electrons. The van der Waals surface area contributed by atoms with Crippen molar-refractivity contribution in [2.75, 3.05) is 25.1 Å². The number of hydrogen-bond acceptors (Lipinski definition) is 3. The van der Waals surface area contributed by atoms with Crippen LogP contribution in [0.1, 0.15) is 30.9 Å². The quantitative estimate of drug-likeness (QED) is 0.617. The number of anilines is 1. The van der Waals surface area contributed by atoms with Gasteiger partial charge in [-0.15, -0.1) is 0 Å². The van der Waals surface area contributed by atoms with Crippen molar-refractivity contribution in [1.29, 1.82) is 0 Å². The Morgan fingerprint density at radius 2 is 2.25 bits per heavy atom. The monoisotopic (exact) mass is 275 g/mol. The Morgan fingerprint density at radius 1 is 1.45 bits per heavy atom. The van der Waals surface area contributed by atoms with Crippen LogP contribution < -0.4 is 5.32 Å². The fourth-order valence-electron chi connectivity index (χ4n) is 1.67. The fraction of sp³-hybridized carbons (Fsp3) is 0.438. The molecule has 0 unspecified atom stereocenters. The third kappa shape index (κ3) is 5.87. The number of carbonyl (C=O) groups excluding carboxylic acids is 1. The zero-order chi connectivity index (χ0) is 14.8. The molecule has 1 aromatic carbocycles. The first kappa shape index (κ1) is 16.2. The molecule has 20 heavy (non-hydrogen) atoms. The molecule has 0 fully saturated rings. The third-order valence-electron chi connectivity index (χ3n) is 2.72. The predicted octanol–water partition coefficient (Wildman–Crippen LogP) is 2.09. The van der Waals surface area contributed by atoms with Gasteiger partial charge in [-0.1, -0.05) is 17.9 Å². The van der Waals surface area contributed by atoms with Gasteiger partial charge in [0.2, 0.25) is 5.91 Å². The van der Waals surface area contributed by atoms with Crippen molar-refractivity contribution in [1.82, 2.24) is 0 Å². The van der Waals surface area contributed by atoms with Crippen LogP contribution >= 0.6 is 0 Å². The van der Waals surface area contributed by atoms with Crippen molar-refractivity contribution in [2.45, 2.75) is 26.7 Å². The molecule has 1 aromatic rings. The largest absolute Gasteiger partial charge is 0.384 e. The second-order valence-corrected chi connectivity index (χ2v) is 4.34. The Hall–Kier alpha value is -1.83. The van der Waals surface area contributed by atoms with Gasteiger partial charge in [0.1, 0.15) is 6.61 Å². The van der Waals surface area contributed by atoms with E-state index in [9.17, 15) is 4.79 Å². The summed E-state index contributed by atoms with van der Waals surface area (Å²) in [5, 5.41) is 11.6. The van der Waals surface area contributed by atoms with Gasteiger partial charge in [-0.2, -0.15) is 0 Å². The van der Waals surface area contributed by atoms with E-state index >= 15 is 0 Å². The number of aliphatic hydroxyl groups is 1. The van der Waals surface area contributed by atoms with E-state index < -0.39 is 0 Å². The molecule has 2 N–H and O–H groups in total. The van der Waals surface area contributed by atoms with Gasteiger partial charge in [0.15, 0.2) is 0 Å². The zero-order valence-corrected chi connectivity index (χ0v) is 12.0. The number of aryl methyl sites for hydroxylation is 1. The molecular weight excluding hydrogens is 254 g/mol. The van der Waals surface area contributed by atoms with E-state index in [1.807, 2.05) is 32.0 Å². The van der Waals surface area contributed by atoms with Crippen molar-refractivity contribution in [2.24, 2.45) is 0 Å². The highest BCUT2D eigenvalue weighted by atomic mass is 16.5. The van der Waals surface area contributed by atoms with Crippen LogP contribution in [0.2, 0.25) is 0 Å². The van der Waals surface area contributed by atoms with Crippen LogP contribution in [0.25, 0.3) is 0 Å². The van der Waals surface area contributed by atoms with E-state index in [0.29, 0.717) is 26.1 Å². The van der Waals surface area contributed by atoms with E-state index in [4.69, 9.17) is 9.84 Å². The number of ether oxygens (including phenoxy) is 1. The van der Waals surface area contributed by atoms with Gasteiger partial charge in [-0.05, 0) is 38.0 Å². The topological polar surface area (TPSA) is 58.6 Å². The molecule has 0 heterocycles. The maximum Gasteiger partial charge on any atom is 0.224 e. The van der Waals surface area contributed by atoms with Crippen LogP contribution in [-0.4, -0.2) is 30.8 Å². The Balaban J connectivity index is 2.59. The highest BCUT2D eigenvalue weighted by Crippen LogP contribution is 2.16. The molecule has 0 aliphatic carbocycles. The lowest BCUT2D eigenvalue weighted by Gasteiger charge is -2.09. The Bertz CT molecular complexity index is 500. The summed E-state index contributed by atoms with van der Waals surface area (Å²) in [5.41, 5.74) is 2.52. The summed E-state index contributed by atoms with van der Waals surface area (Å²) in [7, 11) is 0. The first-order valence-electron chi connectivity index (χ1n) is 6.75. The fourth-order valence-corrected chi connectivity index (χ4v) is 1.67. The smallest absolute Gasteiger partial charge is 0.224 e. The van der Waals surface area contributed by atoms with Gasteiger partial charge in [-0.3, -0.25) is 4.79 Å². The first-order chi connectivity index (χ1) is 9.67. The number of rotatable bonds is 6. The summed E-state index contributed by atoms with van der Waals surface area (Å²) in [5.74, 6) is 5.39. The standard InChI is InChI=1S/C16H21NO3/c1-3-20-11-5-7-16(19)17-15-12-14(6-4-10-18)9-8-13(15)2/h8-9,12,18H,3,5,7,10-11H2,1-2H3,(H,17,19). The van der Waals surface area contributed by atoms with Crippen LogP contribution in [0.3, 0.4) is 0 Å². The van der Waals surface area contributed by atoms with Gasteiger partial charge in [0.05, 0.1) is 0 Å². The molecule has 0 saturated heterocycles. The molecule has 4 heteroatoms. The molecule has 1 amide bonds. The molecular formula is C16H21NO3. The summed E-state index contributed by atoms with van der Waals surface area (Å²) in [6.07, 6.45) is 1.15. The second kappa shape index (κ2) is 9.13. The lowest BCUT2D eigenvalue weighted by atomic mass is 10.1. The number of hydrogen-bond donors (Lipinski definition) is 2. The van der Waals surface area contributed by atoms with Crippen molar-refractivity contribution in [3.05, 3.63) is 29.3 Å². The number of benzene rings is 1. The maximum absolute atomic E-state index is 11.8. The molecule has 1 rings (SSSR count). The van der Waals surface area contributed by atoms with E-state index in [1.54, 1.807) is 0 Å². The minimum Gasteiger partial charge on any atom is -0.384 e. The highest BCUT2D eigenvalue weighted by molar-refractivity contribution is 5.91. The zero-order valence-electron chi connectivity index (χ0n) is 12.0. The van der Waals surface area contributed by atoms with Crippen molar-refractivity contribution < 1.29 is 14.6 Å². The second-order valence-electron chi connectivity index (χ2n) is 4.34. The summed E-state index contributed by atoms with van der Waals surface area (Å²) < 4.78 is 5.20. The SMILES string of the molecule is CCOCCCC(=O)Nc1cc(C#CCO)ccc1C. The molecule has 0 aliphatic rings. The minimum absolute atomic E-state index is 0.0277. The average Bonchev–Trinajstić information content (AvgIpc) is 2.44. The number of nitrogens with one attached hydrogen (secondary N) is 1. The van der Waals surface area contributed by atoms with Gasteiger partial charge < -0.3 is 15.2 Å². The van der Waals surface area contributed by atoms with Gasteiger partial charge in [0.25, 0.3) is 0 Å². The van der Waals surface area contributed by atoms with Crippen LogP contribution in [0.5, 0.6) is 0 Å². The van der Waals surface area contributed by atoms with Gasteiger partial charge >= 0.3 is 0 Å². The Labute approximate surface area is 120 Å². The summed E-state index contributed by atoms with van der Waals surface area (Å²) in [6, 6.07) is 5.58. The van der Waals surface area contributed by atoms with E-state index in [2.05, 4.69) is 17.2 Å². The van der Waals surface area contributed by atoms with Crippen LogP contribution in [0, 0.1) is 18.8 Å². The summed E-state index contributed by atoms with van der Waals surface area (Å²) in [6.45, 7) is 4.96. The summed E-state index contributed by atoms with van der Waals surface area (Å²) >= 11 is 0. The van der Waals surface area contributed by atoms with Crippen molar-refractivity contribution in [3.63, 3.8) is 0 Å². The number of amides is 1. The molecule has 4 nitrogen and oxygen atoms in total. The van der Waals surface area contributed by atoms with Crippen molar-refractivity contribution in [3.8, 4) is 11.8 Å². The van der Waals surface area contributed by atoms with E-state index in [1.165, 1.54) is 0 Å². The van der Waals surface area contributed by atoms with Crippen LogP contribution in [-0.2, 0) is 9.53 Å². The molecule has 0 saturated carbocycles. The predicted molar refractivity (Wildman–Crippen MR) is 79.5 cm³/mol. The number of carbonyl (C=O) groups is 1. The van der Waals surface area contributed by atoms with Crippen LogP contribution in [0.15, 0.2) is 18.2 Å². The molecule has 0 aliphatic heterocycles. The van der Waals surface area contributed by atoms with Gasteiger partial charge in [-0.25, -0.2) is 0 Å². The molecule has 0 atom stereocenters. The maximum atomic E-state index is 11.8. The highest BCUT2D eigenvalue weighted by Gasteiger charge is 2.05. The first-order valence-corrected chi connectivity index (χ1v) is 6.75. The molecule has 0 spiro atoms. The molecule has 0 aromatic heterocycles.